The van der Waals surface area contributed by atoms with Crippen LogP contribution >= 0.6 is 11.8 Å². The summed E-state index contributed by atoms with van der Waals surface area (Å²) < 4.78 is 43.2. The van der Waals surface area contributed by atoms with Crippen LogP contribution in [0.1, 0.15) is 0 Å². The molecule has 0 amide bonds. The standard InChI is InChI=1S/C7H7FO3S2/c1-12-6-4-2-3-5(8)7(6)13(9,10)11/h2-4H,1H3,(H,9,10,11). The van der Waals surface area contributed by atoms with Crippen LogP contribution in [0.15, 0.2) is 28.0 Å². The van der Waals surface area contributed by atoms with E-state index >= 15 is 0 Å². The molecule has 1 N–H and O–H groups in total. The topological polar surface area (TPSA) is 54.4 Å². The Kier molecular flexibility index (Phi) is 2.94. The lowest BCUT2D eigenvalue weighted by molar-refractivity contribution is 0.469. The molecule has 0 heterocycles. The van der Waals surface area contributed by atoms with Gasteiger partial charge in [-0.15, -0.1) is 11.8 Å². The number of thioether (sulfide) groups is 1. The average Bonchev–Trinajstić information content (AvgIpc) is 2.01. The van der Waals surface area contributed by atoms with Crippen LogP contribution in [0, 0.1) is 5.82 Å². The molecule has 1 rings (SSSR count). The Morgan fingerprint density at radius 2 is 2.08 bits per heavy atom. The maximum Gasteiger partial charge on any atom is 0.298 e. The molecule has 0 unspecified atom stereocenters. The highest BCUT2D eigenvalue weighted by Crippen LogP contribution is 2.26. The summed E-state index contributed by atoms with van der Waals surface area (Å²) in [6.45, 7) is 0. The van der Waals surface area contributed by atoms with E-state index in [0.29, 0.717) is 0 Å². The monoisotopic (exact) mass is 222 g/mol. The molecular weight excluding hydrogens is 215 g/mol. The summed E-state index contributed by atoms with van der Waals surface area (Å²) in [7, 11) is -4.47. The van der Waals surface area contributed by atoms with Gasteiger partial charge in [-0.25, -0.2) is 4.39 Å². The molecule has 6 heteroatoms. The molecular formula is C7H7FO3S2. The third-order valence-corrected chi connectivity index (χ3v) is 3.25. The Labute approximate surface area is 79.7 Å². The molecule has 0 aliphatic rings. The van der Waals surface area contributed by atoms with E-state index < -0.39 is 20.8 Å². The average molecular weight is 222 g/mol. The predicted molar refractivity (Wildman–Crippen MR) is 48.0 cm³/mol. The normalized spacial score (nSPS) is 11.6. The van der Waals surface area contributed by atoms with Gasteiger partial charge in [-0.3, -0.25) is 4.55 Å². The highest BCUT2D eigenvalue weighted by molar-refractivity contribution is 7.99. The summed E-state index contributed by atoms with van der Waals surface area (Å²) in [4.78, 5) is -0.454. The second-order valence-electron chi connectivity index (χ2n) is 2.25. The van der Waals surface area contributed by atoms with Crippen LogP contribution in [0.5, 0.6) is 0 Å². The zero-order valence-corrected chi connectivity index (χ0v) is 8.32. The molecule has 0 atom stereocenters. The van der Waals surface area contributed by atoms with Crippen LogP contribution in [0.4, 0.5) is 4.39 Å². The molecule has 1 aromatic carbocycles. The SMILES string of the molecule is CSc1cccc(F)c1S(=O)(=O)O. The minimum atomic E-state index is -4.47. The van der Waals surface area contributed by atoms with Gasteiger partial charge in [0, 0.05) is 4.90 Å². The Hall–Kier alpha value is -0.590. The van der Waals surface area contributed by atoms with E-state index in [2.05, 4.69) is 0 Å². The first-order chi connectivity index (χ1) is 5.96. The minimum absolute atomic E-state index is 0.197. The van der Waals surface area contributed by atoms with E-state index in [9.17, 15) is 12.8 Å². The highest BCUT2D eigenvalue weighted by atomic mass is 32.2. The zero-order chi connectivity index (χ0) is 10.1. The summed E-state index contributed by atoms with van der Waals surface area (Å²) >= 11 is 1.06. The van der Waals surface area contributed by atoms with Gasteiger partial charge in [0.05, 0.1) is 0 Å². The summed E-state index contributed by atoms with van der Waals surface area (Å²) in [5, 5.41) is 0. The predicted octanol–water partition coefficient (Wildman–Crippen LogP) is 1.79. The Morgan fingerprint density at radius 3 is 2.46 bits per heavy atom. The van der Waals surface area contributed by atoms with Crippen LogP contribution in [0.25, 0.3) is 0 Å². The maximum absolute atomic E-state index is 13.0. The molecule has 0 aliphatic carbocycles. The molecule has 13 heavy (non-hydrogen) atoms. The Bertz CT molecular complexity index is 414. The highest BCUT2D eigenvalue weighted by Gasteiger charge is 2.19. The lowest BCUT2D eigenvalue weighted by Crippen LogP contribution is -2.03. The summed E-state index contributed by atoms with van der Waals surface area (Å²) in [6, 6.07) is 3.80. The van der Waals surface area contributed by atoms with Gasteiger partial charge in [0.1, 0.15) is 10.7 Å². The van der Waals surface area contributed by atoms with Crippen molar-refractivity contribution < 1.29 is 17.4 Å². The van der Waals surface area contributed by atoms with Crippen molar-refractivity contribution in [1.82, 2.24) is 0 Å². The van der Waals surface area contributed by atoms with Crippen molar-refractivity contribution in [1.29, 1.82) is 0 Å². The molecule has 0 saturated heterocycles. The first kappa shape index (κ1) is 10.5. The molecule has 3 nitrogen and oxygen atoms in total. The number of benzene rings is 1. The van der Waals surface area contributed by atoms with Crippen molar-refractivity contribution in [3.63, 3.8) is 0 Å². The van der Waals surface area contributed by atoms with Gasteiger partial charge in [0.2, 0.25) is 0 Å². The van der Waals surface area contributed by atoms with Crippen molar-refractivity contribution in [2.24, 2.45) is 0 Å². The molecule has 0 fully saturated rings. The van der Waals surface area contributed by atoms with Crippen LogP contribution in [0.2, 0.25) is 0 Å². The summed E-state index contributed by atoms with van der Waals surface area (Å²) in [5.74, 6) is -0.936. The minimum Gasteiger partial charge on any atom is -0.282 e. The van der Waals surface area contributed by atoms with Gasteiger partial charge in [-0.05, 0) is 18.4 Å². The molecule has 0 spiro atoms. The molecule has 0 bridgehead atoms. The number of halogens is 1. The zero-order valence-electron chi connectivity index (χ0n) is 6.69. The molecule has 1 aromatic rings. The van der Waals surface area contributed by atoms with Crippen LogP contribution < -0.4 is 0 Å². The van der Waals surface area contributed by atoms with Crippen molar-refractivity contribution in [3.05, 3.63) is 24.0 Å². The second kappa shape index (κ2) is 3.65. The molecule has 72 valence electrons. The van der Waals surface area contributed by atoms with Gasteiger partial charge in [-0.2, -0.15) is 8.42 Å². The van der Waals surface area contributed by atoms with E-state index in [0.717, 1.165) is 17.8 Å². The van der Waals surface area contributed by atoms with E-state index in [-0.39, 0.29) is 4.90 Å². The smallest absolute Gasteiger partial charge is 0.282 e. The van der Waals surface area contributed by atoms with Gasteiger partial charge in [-0.1, -0.05) is 6.07 Å². The van der Waals surface area contributed by atoms with Crippen molar-refractivity contribution >= 4 is 21.9 Å². The van der Waals surface area contributed by atoms with Crippen molar-refractivity contribution in [2.45, 2.75) is 9.79 Å². The van der Waals surface area contributed by atoms with Gasteiger partial charge >= 0.3 is 0 Å². The molecule has 0 aromatic heterocycles. The van der Waals surface area contributed by atoms with Crippen LogP contribution in [-0.4, -0.2) is 19.2 Å². The van der Waals surface area contributed by atoms with Crippen molar-refractivity contribution in [2.75, 3.05) is 6.26 Å². The summed E-state index contributed by atoms with van der Waals surface area (Å²) in [6.07, 6.45) is 1.60. The lowest BCUT2D eigenvalue weighted by atomic mass is 10.3. The molecule has 0 aliphatic heterocycles. The number of rotatable bonds is 2. The maximum atomic E-state index is 13.0. The van der Waals surface area contributed by atoms with Crippen molar-refractivity contribution in [3.8, 4) is 0 Å². The van der Waals surface area contributed by atoms with Gasteiger partial charge < -0.3 is 0 Å². The largest absolute Gasteiger partial charge is 0.298 e. The number of hydrogen-bond donors (Lipinski definition) is 1. The summed E-state index contributed by atoms with van der Waals surface area (Å²) in [5.41, 5.74) is 0. The fourth-order valence-corrected chi connectivity index (χ4v) is 2.60. The Balaban J connectivity index is 3.50. The van der Waals surface area contributed by atoms with Gasteiger partial charge in [0.25, 0.3) is 10.1 Å². The lowest BCUT2D eigenvalue weighted by Gasteiger charge is -2.04. The first-order valence-corrected chi connectivity index (χ1v) is 5.93. The third kappa shape index (κ3) is 2.20. The Morgan fingerprint density at radius 1 is 1.46 bits per heavy atom. The van der Waals surface area contributed by atoms with E-state index in [4.69, 9.17) is 4.55 Å². The first-order valence-electron chi connectivity index (χ1n) is 3.27. The molecule has 0 radical (unpaired) electrons. The number of hydrogen-bond acceptors (Lipinski definition) is 3. The van der Waals surface area contributed by atoms with Crippen LogP contribution in [0.3, 0.4) is 0 Å². The fourth-order valence-electron chi connectivity index (χ4n) is 0.900. The van der Waals surface area contributed by atoms with E-state index in [1.165, 1.54) is 12.1 Å². The van der Waals surface area contributed by atoms with E-state index in [1.807, 2.05) is 0 Å². The quantitative estimate of drug-likeness (QED) is 0.612. The van der Waals surface area contributed by atoms with Crippen LogP contribution in [-0.2, 0) is 10.1 Å². The fraction of sp³-hybridized carbons (Fsp3) is 0.143. The third-order valence-electron chi connectivity index (χ3n) is 1.41. The molecule has 0 saturated carbocycles. The second-order valence-corrected chi connectivity index (χ2v) is 4.45. The van der Waals surface area contributed by atoms with E-state index in [1.54, 1.807) is 6.26 Å². The van der Waals surface area contributed by atoms with Gasteiger partial charge in [0.15, 0.2) is 0 Å².